The van der Waals surface area contributed by atoms with Crippen molar-refractivity contribution in [3.05, 3.63) is 159 Å². The van der Waals surface area contributed by atoms with E-state index in [0.29, 0.717) is 12.5 Å². The van der Waals surface area contributed by atoms with Crippen LogP contribution in [-0.2, 0) is 5.41 Å². The van der Waals surface area contributed by atoms with Gasteiger partial charge in [0.1, 0.15) is 0 Å². The van der Waals surface area contributed by atoms with E-state index < -0.39 is 5.41 Å². The van der Waals surface area contributed by atoms with E-state index in [4.69, 9.17) is 9.98 Å². The summed E-state index contributed by atoms with van der Waals surface area (Å²) in [7, 11) is 0. The summed E-state index contributed by atoms with van der Waals surface area (Å²) in [5.74, 6) is 0.660. The lowest BCUT2D eigenvalue weighted by atomic mass is 9.67. The van der Waals surface area contributed by atoms with Crippen molar-refractivity contribution in [3.8, 4) is 0 Å². The van der Waals surface area contributed by atoms with Crippen molar-refractivity contribution in [2.45, 2.75) is 79.7 Å². The normalized spacial score (nSPS) is 15.3. The first kappa shape index (κ1) is 38.2. The highest BCUT2D eigenvalue weighted by atomic mass is 32.1. The Labute approximate surface area is 315 Å². The Bertz CT molecular complexity index is 2150. The third-order valence-electron chi connectivity index (χ3n) is 9.96. The second-order valence-corrected chi connectivity index (χ2v) is 15.2. The van der Waals surface area contributed by atoms with E-state index in [9.17, 15) is 0 Å². The molecular formula is C47H54N4S. The molecule has 0 bridgehead atoms. The molecule has 5 rings (SSSR count). The maximum Gasteiger partial charge on any atom is 0.230 e. The zero-order valence-corrected chi connectivity index (χ0v) is 33.1. The first-order valence-corrected chi connectivity index (χ1v) is 19.2. The third-order valence-corrected chi connectivity index (χ3v) is 11.0. The number of para-hydroxylation sites is 2. The zero-order chi connectivity index (χ0) is 37.4. The van der Waals surface area contributed by atoms with Gasteiger partial charge < -0.3 is 5.32 Å². The molecular weight excluding hydrogens is 653 g/mol. The number of anilines is 1. The van der Waals surface area contributed by atoms with E-state index in [-0.39, 0.29) is 6.04 Å². The van der Waals surface area contributed by atoms with Gasteiger partial charge in [-0.05, 0) is 108 Å². The molecule has 1 aliphatic heterocycles. The number of fused-ring (bicyclic) bond motifs is 1. The van der Waals surface area contributed by atoms with E-state index in [1.54, 1.807) is 0 Å². The van der Waals surface area contributed by atoms with Gasteiger partial charge in [0.2, 0.25) is 5.96 Å². The van der Waals surface area contributed by atoms with E-state index in [1.165, 1.54) is 37.6 Å². The van der Waals surface area contributed by atoms with Crippen molar-refractivity contribution in [2.75, 3.05) is 11.9 Å². The molecule has 2 atom stereocenters. The number of aromatic nitrogens is 1. The fourth-order valence-corrected chi connectivity index (χ4v) is 8.57. The van der Waals surface area contributed by atoms with Crippen LogP contribution in [0.25, 0.3) is 23.1 Å². The molecule has 0 spiro atoms. The topological polar surface area (TPSA) is 41.7 Å². The van der Waals surface area contributed by atoms with Gasteiger partial charge in [-0.15, -0.1) is 17.9 Å². The molecule has 4 aromatic rings. The summed E-state index contributed by atoms with van der Waals surface area (Å²) in [5.41, 5.74) is 10.7. The second kappa shape index (κ2) is 17.0. The number of aliphatic imine (C=N–C) groups is 2. The van der Waals surface area contributed by atoms with Crippen LogP contribution in [0, 0.1) is 20.8 Å². The van der Waals surface area contributed by atoms with Gasteiger partial charge in [0.05, 0.1) is 23.8 Å². The third kappa shape index (κ3) is 7.61. The summed E-state index contributed by atoms with van der Waals surface area (Å²) in [5, 5.41) is 5.01. The van der Waals surface area contributed by atoms with Crippen LogP contribution in [0.3, 0.4) is 0 Å². The molecule has 0 radical (unpaired) electrons. The van der Waals surface area contributed by atoms with Crippen LogP contribution in [0.5, 0.6) is 0 Å². The predicted molar refractivity (Wildman–Crippen MR) is 231 cm³/mol. The summed E-state index contributed by atoms with van der Waals surface area (Å²) in [6.45, 7) is 26.8. The fraction of sp³-hybridized carbons (Fsp3) is 0.277. The monoisotopic (exact) mass is 706 g/mol. The number of aryl methyl sites for hydroxylation is 2. The summed E-state index contributed by atoms with van der Waals surface area (Å²) >= 11 is 1.84. The largest absolute Gasteiger partial charge is 0.378 e. The Morgan fingerprint density at radius 3 is 2.40 bits per heavy atom. The summed E-state index contributed by atoms with van der Waals surface area (Å²) in [4.78, 5) is 13.0. The number of nitrogens with zero attached hydrogens (tertiary/aromatic N) is 3. The van der Waals surface area contributed by atoms with Gasteiger partial charge in [-0.25, -0.2) is 9.98 Å². The molecule has 5 heteroatoms. The number of rotatable bonds is 13. The van der Waals surface area contributed by atoms with Gasteiger partial charge >= 0.3 is 0 Å². The number of nitrogens with one attached hydrogen (secondary N) is 1. The van der Waals surface area contributed by atoms with Crippen LogP contribution in [0.1, 0.15) is 79.6 Å². The summed E-state index contributed by atoms with van der Waals surface area (Å²) in [6, 6.07) is 18.9. The minimum Gasteiger partial charge on any atom is -0.378 e. The van der Waals surface area contributed by atoms with Gasteiger partial charge in [0.25, 0.3) is 0 Å². The Hall–Kier alpha value is -5.00. The van der Waals surface area contributed by atoms with Crippen molar-refractivity contribution < 1.29 is 0 Å². The average Bonchev–Trinajstić information content (AvgIpc) is 3.44. The maximum absolute atomic E-state index is 5.34. The van der Waals surface area contributed by atoms with Crippen molar-refractivity contribution in [3.63, 3.8) is 0 Å². The van der Waals surface area contributed by atoms with Gasteiger partial charge in [-0.2, -0.15) is 0 Å². The van der Waals surface area contributed by atoms with Crippen molar-refractivity contribution in [1.82, 2.24) is 4.57 Å². The SMILES string of the molecule is C=C/C(=C\c1c(C)sc(C)c1/C=C\CCC)C1=NC(n2c(C)c(C(C)(C(/C=C\C)=C(C)C)C(C=C)Nc3ccccc3)c3ccccc32)=NCC=C1. The van der Waals surface area contributed by atoms with Gasteiger partial charge in [-0.3, -0.25) is 4.57 Å². The molecule has 0 aliphatic carbocycles. The van der Waals surface area contributed by atoms with E-state index in [2.05, 4.69) is 176 Å². The Kier molecular flexibility index (Phi) is 12.5. The van der Waals surface area contributed by atoms with Crippen LogP contribution in [-0.4, -0.2) is 28.8 Å². The van der Waals surface area contributed by atoms with Gasteiger partial charge in [-0.1, -0.05) is 104 Å². The minimum absolute atomic E-state index is 0.140. The van der Waals surface area contributed by atoms with Gasteiger partial charge in [0, 0.05) is 37.5 Å². The molecule has 2 aromatic carbocycles. The van der Waals surface area contributed by atoms with E-state index in [0.717, 1.165) is 46.4 Å². The maximum atomic E-state index is 5.34. The molecule has 0 saturated heterocycles. The molecule has 0 amide bonds. The number of hydrogen-bond acceptors (Lipinski definition) is 4. The van der Waals surface area contributed by atoms with Crippen LogP contribution in [0.4, 0.5) is 5.69 Å². The Morgan fingerprint density at radius 1 is 1.02 bits per heavy atom. The number of allylic oxidation sites excluding steroid dienone is 7. The van der Waals surface area contributed by atoms with Crippen LogP contribution in [0.15, 0.2) is 137 Å². The minimum atomic E-state index is -0.518. The number of benzene rings is 2. The lowest BCUT2D eigenvalue weighted by Crippen LogP contribution is -2.43. The summed E-state index contributed by atoms with van der Waals surface area (Å²) < 4.78 is 2.25. The molecule has 52 heavy (non-hydrogen) atoms. The Morgan fingerprint density at radius 2 is 1.73 bits per heavy atom. The summed E-state index contributed by atoms with van der Waals surface area (Å²) in [6.07, 6.45) is 21.5. The molecule has 3 heterocycles. The highest BCUT2D eigenvalue weighted by Crippen LogP contribution is 2.46. The molecule has 1 aliphatic rings. The molecule has 4 nitrogen and oxygen atoms in total. The molecule has 0 saturated carbocycles. The predicted octanol–water partition coefficient (Wildman–Crippen LogP) is 12.8. The first-order chi connectivity index (χ1) is 25.1. The number of thiophene rings is 1. The van der Waals surface area contributed by atoms with Gasteiger partial charge in [0.15, 0.2) is 0 Å². The number of hydrogen-bond donors (Lipinski definition) is 1. The standard InChI is InChI=1S/C47H54N4S/c1-11-15-17-26-38-34(8)52-35(9)40(38)31-36(13-3)42-28-22-30-48-46(50-42)51-33(7)45(39-27-20-21-29-43(39)51)47(10,41(23-12-2)32(5)6)44(14-4)49-37-24-18-16-19-25-37/h12-14,16-29,31,44,49H,3-4,11,15,30H2,1-2,5-10H3/b23-12-,26-17-,36-31+. The van der Waals surface area contributed by atoms with E-state index in [1.807, 2.05) is 23.5 Å². The molecule has 268 valence electrons. The van der Waals surface area contributed by atoms with Crippen LogP contribution in [0.2, 0.25) is 0 Å². The molecule has 0 fully saturated rings. The molecule has 2 aromatic heterocycles. The molecule has 1 N–H and O–H groups in total. The smallest absolute Gasteiger partial charge is 0.230 e. The fourth-order valence-electron chi connectivity index (χ4n) is 7.54. The molecule has 2 unspecified atom stereocenters. The van der Waals surface area contributed by atoms with Crippen LogP contribution >= 0.6 is 11.3 Å². The quantitative estimate of drug-likeness (QED) is 0.109. The van der Waals surface area contributed by atoms with Crippen molar-refractivity contribution in [2.24, 2.45) is 9.98 Å². The van der Waals surface area contributed by atoms with Crippen molar-refractivity contribution in [1.29, 1.82) is 0 Å². The first-order valence-electron chi connectivity index (χ1n) is 18.4. The highest BCUT2D eigenvalue weighted by Gasteiger charge is 2.42. The van der Waals surface area contributed by atoms with Crippen LogP contribution < -0.4 is 5.32 Å². The average molecular weight is 707 g/mol. The van der Waals surface area contributed by atoms with Crippen molar-refractivity contribution >= 4 is 51.8 Å². The Balaban J connectivity index is 1.74. The zero-order valence-electron chi connectivity index (χ0n) is 32.3. The van der Waals surface area contributed by atoms with E-state index >= 15 is 0 Å². The number of unbranched alkanes of at least 4 members (excludes halogenated alkanes) is 1. The second-order valence-electron chi connectivity index (χ2n) is 13.7. The lowest BCUT2D eigenvalue weighted by Gasteiger charge is -2.40. The lowest BCUT2D eigenvalue weighted by molar-refractivity contribution is 0.525. The highest BCUT2D eigenvalue weighted by molar-refractivity contribution is 7.12.